The molecule has 0 amide bonds. The van der Waals surface area contributed by atoms with Crippen LogP contribution in [-0.4, -0.2) is 24.1 Å². The maximum Gasteiger partial charge on any atom is 0.181 e. The number of rotatable bonds is 6. The predicted octanol–water partition coefficient (Wildman–Crippen LogP) is 4.36. The first-order valence-electron chi connectivity index (χ1n) is 8.40. The van der Waals surface area contributed by atoms with Crippen LogP contribution in [0, 0.1) is 0 Å². The lowest BCUT2D eigenvalue weighted by Gasteiger charge is -2.23. The Labute approximate surface area is 154 Å². The van der Waals surface area contributed by atoms with Crippen molar-refractivity contribution in [2.24, 2.45) is 0 Å². The molecule has 0 bridgehead atoms. The zero-order valence-corrected chi connectivity index (χ0v) is 15.8. The van der Waals surface area contributed by atoms with Gasteiger partial charge in [-0.2, -0.15) is 0 Å². The highest BCUT2D eigenvalue weighted by Crippen LogP contribution is 2.31. The number of hydrogen-bond donors (Lipinski definition) is 1. The van der Waals surface area contributed by atoms with Crippen molar-refractivity contribution < 1.29 is 8.42 Å². The maximum absolute atomic E-state index is 12.1. The maximum atomic E-state index is 12.1. The number of aromatic amines is 1. The van der Waals surface area contributed by atoms with Gasteiger partial charge in [0.2, 0.25) is 0 Å². The molecule has 0 aliphatic rings. The quantitative estimate of drug-likeness (QED) is 0.659. The molecule has 3 rings (SSSR count). The lowest BCUT2D eigenvalue weighted by Crippen LogP contribution is -2.21. The predicted molar refractivity (Wildman–Crippen MR) is 105 cm³/mol. The lowest BCUT2D eigenvalue weighted by molar-refractivity contribution is 0.593. The zero-order chi connectivity index (χ0) is 18.8. The van der Waals surface area contributed by atoms with Crippen LogP contribution in [0.4, 0.5) is 0 Å². The third-order valence-corrected chi connectivity index (χ3v) is 6.19. The molecule has 134 valence electrons. The third kappa shape index (κ3) is 3.48. The first kappa shape index (κ1) is 18.1. The molecule has 0 unspecified atom stereocenters. The van der Waals surface area contributed by atoms with E-state index in [-0.39, 0.29) is 11.2 Å². The van der Waals surface area contributed by atoms with Gasteiger partial charge in [-0.25, -0.2) is 13.4 Å². The van der Waals surface area contributed by atoms with Gasteiger partial charge in [-0.05, 0) is 37.1 Å². The van der Waals surface area contributed by atoms with E-state index in [1.165, 1.54) is 6.08 Å². The molecule has 0 saturated carbocycles. The molecule has 3 aromatic rings. The second-order valence-electron chi connectivity index (χ2n) is 6.73. The second-order valence-corrected chi connectivity index (χ2v) is 8.77. The van der Waals surface area contributed by atoms with Crippen molar-refractivity contribution in [3.63, 3.8) is 0 Å². The summed E-state index contributed by atoms with van der Waals surface area (Å²) in [5.41, 5.74) is 2.64. The van der Waals surface area contributed by atoms with Crippen molar-refractivity contribution in [2.75, 3.05) is 5.75 Å². The third-order valence-electron chi connectivity index (χ3n) is 4.53. The van der Waals surface area contributed by atoms with Gasteiger partial charge in [-0.3, -0.25) is 0 Å². The van der Waals surface area contributed by atoms with E-state index in [2.05, 4.69) is 30.4 Å². The van der Waals surface area contributed by atoms with E-state index in [1.54, 1.807) is 12.1 Å². The van der Waals surface area contributed by atoms with Crippen molar-refractivity contribution in [1.82, 2.24) is 9.97 Å². The first-order chi connectivity index (χ1) is 12.3. The summed E-state index contributed by atoms with van der Waals surface area (Å²) in [6, 6.07) is 17.0. The molecule has 0 saturated heterocycles. The number of benzene rings is 2. The number of nitrogens with zero attached hydrogens (tertiary/aromatic N) is 1. The fourth-order valence-electron chi connectivity index (χ4n) is 2.87. The van der Waals surface area contributed by atoms with E-state index >= 15 is 0 Å². The Morgan fingerprint density at radius 2 is 1.73 bits per heavy atom. The van der Waals surface area contributed by atoms with Gasteiger partial charge >= 0.3 is 0 Å². The average Bonchev–Trinajstić information content (AvgIpc) is 3.13. The Balaban J connectivity index is 1.91. The van der Waals surface area contributed by atoms with Crippen molar-refractivity contribution in [2.45, 2.75) is 24.2 Å². The topological polar surface area (TPSA) is 62.8 Å². The molecule has 1 N–H and O–H groups in total. The molecule has 5 heteroatoms. The number of imidazole rings is 1. The number of H-pyrrole nitrogens is 1. The van der Waals surface area contributed by atoms with E-state index in [1.807, 2.05) is 48.7 Å². The smallest absolute Gasteiger partial charge is 0.181 e. The summed E-state index contributed by atoms with van der Waals surface area (Å²) in [6.07, 6.45) is 3.23. The normalized spacial score (nSPS) is 12.1. The van der Waals surface area contributed by atoms with Crippen molar-refractivity contribution in [1.29, 1.82) is 0 Å². The Hall–Kier alpha value is -2.66. The minimum atomic E-state index is -3.31. The molecule has 1 aromatic heterocycles. The summed E-state index contributed by atoms with van der Waals surface area (Å²) in [4.78, 5) is 8.25. The van der Waals surface area contributed by atoms with Crippen LogP contribution in [0.1, 0.15) is 25.2 Å². The summed E-state index contributed by atoms with van der Waals surface area (Å²) < 4.78 is 24.3. The highest BCUT2D eigenvalue weighted by molar-refractivity contribution is 7.91. The van der Waals surface area contributed by atoms with Gasteiger partial charge in [0.25, 0.3) is 0 Å². The summed E-state index contributed by atoms with van der Waals surface area (Å²) in [5, 5.41) is 0. The molecule has 4 nitrogen and oxygen atoms in total. The molecular weight excluding hydrogens is 344 g/mol. The monoisotopic (exact) mass is 366 g/mol. The average molecular weight is 366 g/mol. The van der Waals surface area contributed by atoms with E-state index in [9.17, 15) is 8.42 Å². The highest BCUT2D eigenvalue weighted by Gasteiger charge is 2.27. The van der Waals surface area contributed by atoms with E-state index in [4.69, 9.17) is 0 Å². The van der Waals surface area contributed by atoms with Gasteiger partial charge in [0, 0.05) is 5.41 Å². The van der Waals surface area contributed by atoms with Gasteiger partial charge in [0.1, 0.15) is 5.82 Å². The van der Waals surface area contributed by atoms with Crippen LogP contribution in [-0.2, 0) is 15.3 Å². The Kier molecular flexibility index (Phi) is 4.83. The molecule has 0 spiro atoms. The van der Waals surface area contributed by atoms with Gasteiger partial charge in [-0.1, -0.05) is 48.5 Å². The molecule has 1 heterocycles. The standard InChI is InChI=1S/C21H22N2O2S/c1-4-14-26(24,25)18-12-10-17(11-13-18)21(2,3)20-22-15-19(23-20)16-8-6-5-7-9-16/h4-13,15H,1,14H2,2-3H3,(H,22,23). The first-order valence-corrected chi connectivity index (χ1v) is 10.0. The number of nitrogens with one attached hydrogen (secondary N) is 1. The fourth-order valence-corrected chi connectivity index (χ4v) is 3.92. The Morgan fingerprint density at radius 3 is 2.35 bits per heavy atom. The van der Waals surface area contributed by atoms with Gasteiger partial charge in [0.15, 0.2) is 9.84 Å². The molecule has 0 aliphatic heterocycles. The van der Waals surface area contributed by atoms with Gasteiger partial charge in [0.05, 0.1) is 22.5 Å². The Bertz CT molecular complexity index is 1000. The second kappa shape index (κ2) is 6.92. The van der Waals surface area contributed by atoms with Crippen LogP contribution in [0.3, 0.4) is 0 Å². The van der Waals surface area contributed by atoms with Crippen molar-refractivity contribution in [3.05, 3.63) is 84.8 Å². The SMILES string of the molecule is C=CCS(=O)(=O)c1ccc(C(C)(C)c2ncc(-c3ccccc3)[nH]2)cc1. The largest absolute Gasteiger partial charge is 0.341 e. The van der Waals surface area contributed by atoms with Crippen LogP contribution < -0.4 is 0 Å². The van der Waals surface area contributed by atoms with Crippen LogP contribution >= 0.6 is 0 Å². The van der Waals surface area contributed by atoms with E-state index in [0.717, 1.165) is 22.6 Å². The Morgan fingerprint density at radius 1 is 1.08 bits per heavy atom. The van der Waals surface area contributed by atoms with Gasteiger partial charge in [-0.15, -0.1) is 6.58 Å². The summed E-state index contributed by atoms with van der Waals surface area (Å²) in [7, 11) is -3.31. The minimum Gasteiger partial charge on any atom is -0.341 e. The van der Waals surface area contributed by atoms with Crippen LogP contribution in [0.15, 0.2) is 78.3 Å². The molecule has 0 radical (unpaired) electrons. The number of hydrogen-bond acceptors (Lipinski definition) is 3. The zero-order valence-electron chi connectivity index (χ0n) is 14.9. The molecule has 0 atom stereocenters. The lowest BCUT2D eigenvalue weighted by atomic mass is 9.84. The number of sulfone groups is 1. The molecule has 0 fully saturated rings. The molecule has 26 heavy (non-hydrogen) atoms. The van der Waals surface area contributed by atoms with Crippen molar-refractivity contribution >= 4 is 9.84 Å². The minimum absolute atomic E-state index is 0.0612. The summed E-state index contributed by atoms with van der Waals surface area (Å²) in [5.74, 6) is 0.770. The number of aromatic nitrogens is 2. The summed E-state index contributed by atoms with van der Waals surface area (Å²) >= 11 is 0. The fraction of sp³-hybridized carbons (Fsp3) is 0.190. The van der Waals surface area contributed by atoms with Gasteiger partial charge < -0.3 is 4.98 Å². The van der Waals surface area contributed by atoms with Crippen LogP contribution in [0.5, 0.6) is 0 Å². The molecular formula is C21H22N2O2S. The van der Waals surface area contributed by atoms with Crippen LogP contribution in [0.2, 0.25) is 0 Å². The summed E-state index contributed by atoms with van der Waals surface area (Å²) in [6.45, 7) is 7.63. The van der Waals surface area contributed by atoms with Crippen LogP contribution in [0.25, 0.3) is 11.3 Å². The van der Waals surface area contributed by atoms with E-state index < -0.39 is 9.84 Å². The van der Waals surface area contributed by atoms with E-state index in [0.29, 0.717) is 4.90 Å². The van der Waals surface area contributed by atoms with Crippen molar-refractivity contribution in [3.8, 4) is 11.3 Å². The molecule has 0 aliphatic carbocycles. The highest BCUT2D eigenvalue weighted by atomic mass is 32.2. The molecule has 2 aromatic carbocycles.